The molecule has 24 heavy (non-hydrogen) atoms. The van der Waals surface area contributed by atoms with Crippen LogP contribution < -0.4 is 15.0 Å². The number of aromatic nitrogens is 1. The van der Waals surface area contributed by atoms with Crippen LogP contribution in [0, 0.1) is 0 Å². The Kier molecular flexibility index (Phi) is 4.74. The summed E-state index contributed by atoms with van der Waals surface area (Å²) in [6.45, 7) is 0.463. The summed E-state index contributed by atoms with van der Waals surface area (Å²) in [4.78, 5) is 30.1. The number of pyridine rings is 1. The molecule has 124 valence electrons. The number of carbonyl (C=O) groups is 2. The first kappa shape index (κ1) is 16.0. The van der Waals surface area contributed by atoms with E-state index in [2.05, 4.69) is 10.3 Å². The van der Waals surface area contributed by atoms with Crippen LogP contribution in [0.25, 0.3) is 0 Å². The van der Waals surface area contributed by atoms with Crippen LogP contribution in [-0.4, -0.2) is 36.5 Å². The number of benzene rings is 1. The van der Waals surface area contributed by atoms with Gasteiger partial charge < -0.3 is 15.0 Å². The predicted octanol–water partition coefficient (Wildman–Crippen LogP) is 1.55. The lowest BCUT2D eigenvalue weighted by atomic mass is 10.2. The van der Waals surface area contributed by atoms with Crippen molar-refractivity contribution >= 4 is 17.5 Å². The number of hydrogen-bond acceptors (Lipinski definition) is 4. The zero-order valence-corrected chi connectivity index (χ0v) is 13.4. The first-order valence-electron chi connectivity index (χ1n) is 7.78. The molecule has 0 saturated carbocycles. The third-order valence-electron chi connectivity index (χ3n) is 3.94. The number of amides is 2. The van der Waals surface area contributed by atoms with Crippen molar-refractivity contribution in [3.05, 3.63) is 54.4 Å². The standard InChI is InChI=1S/C18H19N3O3/c1-24-16-6-2-5-15(10-16)21-12-14(9-18(21)23)20-17(22)8-13-4-3-7-19-11-13/h2-7,10-11,14H,8-9,12H2,1H3,(H,20,22)/t14-/m0/s1. The van der Waals surface area contributed by atoms with E-state index in [9.17, 15) is 9.59 Å². The van der Waals surface area contributed by atoms with Gasteiger partial charge in [-0.2, -0.15) is 0 Å². The number of nitrogens with zero attached hydrogens (tertiary/aromatic N) is 2. The quantitative estimate of drug-likeness (QED) is 0.905. The minimum atomic E-state index is -0.187. The zero-order chi connectivity index (χ0) is 16.9. The third kappa shape index (κ3) is 3.71. The number of nitrogens with one attached hydrogen (secondary N) is 1. The molecule has 1 aliphatic heterocycles. The Morgan fingerprint density at radius 2 is 2.25 bits per heavy atom. The van der Waals surface area contributed by atoms with Crippen molar-refractivity contribution in [2.75, 3.05) is 18.6 Å². The molecule has 1 aliphatic rings. The molecule has 0 bridgehead atoms. The Balaban J connectivity index is 1.61. The van der Waals surface area contributed by atoms with Crippen LogP contribution in [-0.2, 0) is 16.0 Å². The van der Waals surface area contributed by atoms with E-state index in [1.807, 2.05) is 30.3 Å². The second-order valence-electron chi connectivity index (χ2n) is 5.71. The van der Waals surface area contributed by atoms with Gasteiger partial charge in [0.2, 0.25) is 11.8 Å². The Morgan fingerprint density at radius 3 is 3.00 bits per heavy atom. The van der Waals surface area contributed by atoms with Crippen molar-refractivity contribution in [3.63, 3.8) is 0 Å². The van der Waals surface area contributed by atoms with Gasteiger partial charge in [0.1, 0.15) is 5.75 Å². The largest absolute Gasteiger partial charge is 0.497 e. The van der Waals surface area contributed by atoms with Crippen molar-refractivity contribution in [1.29, 1.82) is 0 Å². The van der Waals surface area contributed by atoms with Gasteiger partial charge in [-0.1, -0.05) is 12.1 Å². The Morgan fingerprint density at radius 1 is 1.38 bits per heavy atom. The van der Waals surface area contributed by atoms with Crippen LogP contribution in [0.4, 0.5) is 5.69 Å². The molecule has 6 nitrogen and oxygen atoms in total. The lowest BCUT2D eigenvalue weighted by Crippen LogP contribution is -2.38. The van der Waals surface area contributed by atoms with Gasteiger partial charge in [0, 0.05) is 37.1 Å². The average Bonchev–Trinajstić information content (AvgIpc) is 2.96. The number of anilines is 1. The number of hydrogen-bond donors (Lipinski definition) is 1. The lowest BCUT2D eigenvalue weighted by Gasteiger charge is -2.18. The normalized spacial score (nSPS) is 17.0. The van der Waals surface area contributed by atoms with Crippen molar-refractivity contribution < 1.29 is 14.3 Å². The Labute approximate surface area is 140 Å². The molecule has 0 unspecified atom stereocenters. The van der Waals surface area contributed by atoms with Crippen LogP contribution in [0.1, 0.15) is 12.0 Å². The van der Waals surface area contributed by atoms with Crippen molar-refractivity contribution in [1.82, 2.24) is 10.3 Å². The topological polar surface area (TPSA) is 71.5 Å². The van der Waals surface area contributed by atoms with E-state index < -0.39 is 0 Å². The highest BCUT2D eigenvalue weighted by atomic mass is 16.5. The molecule has 2 amide bonds. The van der Waals surface area contributed by atoms with E-state index in [4.69, 9.17) is 4.74 Å². The minimum absolute atomic E-state index is 0.00469. The summed E-state index contributed by atoms with van der Waals surface area (Å²) in [5.74, 6) is 0.590. The van der Waals surface area contributed by atoms with Crippen molar-refractivity contribution in [2.45, 2.75) is 18.9 Å². The zero-order valence-electron chi connectivity index (χ0n) is 13.4. The van der Waals surface area contributed by atoms with Crippen molar-refractivity contribution in [2.24, 2.45) is 0 Å². The van der Waals surface area contributed by atoms with E-state index in [0.29, 0.717) is 18.7 Å². The molecule has 1 N–H and O–H groups in total. The molecule has 0 aliphatic carbocycles. The maximum Gasteiger partial charge on any atom is 0.229 e. The van der Waals surface area contributed by atoms with Gasteiger partial charge in [0.15, 0.2) is 0 Å². The fourth-order valence-corrected chi connectivity index (χ4v) is 2.80. The highest BCUT2D eigenvalue weighted by Gasteiger charge is 2.31. The third-order valence-corrected chi connectivity index (χ3v) is 3.94. The molecule has 1 fully saturated rings. The number of methoxy groups -OCH3 is 1. The van der Waals surface area contributed by atoms with E-state index in [1.54, 1.807) is 30.5 Å². The lowest BCUT2D eigenvalue weighted by molar-refractivity contribution is -0.121. The second-order valence-corrected chi connectivity index (χ2v) is 5.71. The van der Waals surface area contributed by atoms with Crippen LogP contribution in [0.5, 0.6) is 5.75 Å². The number of rotatable bonds is 5. The summed E-state index contributed by atoms with van der Waals surface area (Å²) in [6, 6.07) is 10.8. The molecule has 2 heterocycles. The van der Waals surface area contributed by atoms with Gasteiger partial charge in [0.25, 0.3) is 0 Å². The first-order valence-corrected chi connectivity index (χ1v) is 7.78. The maximum atomic E-state index is 12.2. The fourth-order valence-electron chi connectivity index (χ4n) is 2.80. The molecule has 0 radical (unpaired) electrons. The van der Waals surface area contributed by atoms with E-state index in [-0.39, 0.29) is 24.3 Å². The molecule has 1 aromatic carbocycles. The first-order chi connectivity index (χ1) is 11.7. The molecule has 6 heteroatoms. The van der Waals surface area contributed by atoms with Gasteiger partial charge in [-0.05, 0) is 23.8 Å². The summed E-state index contributed by atoms with van der Waals surface area (Å²) in [7, 11) is 1.59. The number of ether oxygens (including phenoxy) is 1. The monoisotopic (exact) mass is 325 g/mol. The predicted molar refractivity (Wildman–Crippen MR) is 89.8 cm³/mol. The summed E-state index contributed by atoms with van der Waals surface area (Å²) in [6.07, 6.45) is 3.90. The van der Waals surface area contributed by atoms with Crippen LogP contribution in [0.3, 0.4) is 0 Å². The van der Waals surface area contributed by atoms with E-state index >= 15 is 0 Å². The highest BCUT2D eigenvalue weighted by molar-refractivity contribution is 5.97. The molecule has 1 aromatic heterocycles. The molecule has 1 saturated heterocycles. The van der Waals surface area contributed by atoms with Crippen LogP contribution in [0.2, 0.25) is 0 Å². The molecular formula is C18H19N3O3. The molecule has 2 aromatic rings. The molecular weight excluding hydrogens is 306 g/mol. The molecule has 3 rings (SSSR count). The summed E-state index contributed by atoms with van der Waals surface area (Å²) >= 11 is 0. The van der Waals surface area contributed by atoms with Gasteiger partial charge in [-0.3, -0.25) is 14.6 Å². The van der Waals surface area contributed by atoms with E-state index in [0.717, 1.165) is 11.3 Å². The van der Waals surface area contributed by atoms with Gasteiger partial charge >= 0.3 is 0 Å². The average molecular weight is 325 g/mol. The van der Waals surface area contributed by atoms with Gasteiger partial charge in [-0.15, -0.1) is 0 Å². The van der Waals surface area contributed by atoms with Gasteiger partial charge in [0.05, 0.1) is 19.6 Å². The summed E-state index contributed by atoms with van der Waals surface area (Å²) < 4.78 is 5.19. The SMILES string of the molecule is COc1cccc(N2C[C@@H](NC(=O)Cc3cccnc3)CC2=O)c1. The van der Waals surface area contributed by atoms with E-state index in [1.165, 1.54) is 0 Å². The Hall–Kier alpha value is -2.89. The number of carbonyl (C=O) groups excluding carboxylic acids is 2. The van der Waals surface area contributed by atoms with Crippen LogP contribution in [0.15, 0.2) is 48.8 Å². The smallest absolute Gasteiger partial charge is 0.229 e. The second kappa shape index (κ2) is 7.12. The Bertz CT molecular complexity index is 733. The minimum Gasteiger partial charge on any atom is -0.497 e. The van der Waals surface area contributed by atoms with Crippen molar-refractivity contribution in [3.8, 4) is 5.75 Å². The van der Waals surface area contributed by atoms with Crippen LogP contribution >= 0.6 is 0 Å². The van der Waals surface area contributed by atoms with Gasteiger partial charge in [-0.25, -0.2) is 0 Å². The maximum absolute atomic E-state index is 12.2. The highest BCUT2D eigenvalue weighted by Crippen LogP contribution is 2.25. The fraction of sp³-hybridized carbons (Fsp3) is 0.278. The summed E-state index contributed by atoms with van der Waals surface area (Å²) in [5.41, 5.74) is 1.63. The molecule has 0 spiro atoms. The molecule has 1 atom stereocenters. The summed E-state index contributed by atoms with van der Waals surface area (Å²) in [5, 5.41) is 2.93.